The third-order valence-corrected chi connectivity index (χ3v) is 2.19. The smallest absolute Gasteiger partial charge is 0.360 e. The van der Waals surface area contributed by atoms with Gasteiger partial charge in [-0.25, -0.2) is 9.48 Å². The minimum absolute atomic E-state index is 0.106. The van der Waals surface area contributed by atoms with Crippen molar-refractivity contribution in [2.24, 2.45) is 5.73 Å². The number of carbonyl (C=O) groups excluding carboxylic acids is 1. The van der Waals surface area contributed by atoms with Crippen molar-refractivity contribution in [2.45, 2.75) is 20.0 Å². The zero-order valence-corrected chi connectivity index (χ0v) is 9.74. The molecular weight excluding hydrogens is 240 g/mol. The molecule has 0 aliphatic rings. The van der Waals surface area contributed by atoms with Crippen LogP contribution in [0, 0.1) is 0 Å². The van der Waals surface area contributed by atoms with Crippen molar-refractivity contribution in [1.82, 2.24) is 25.1 Å². The number of nitrogens with two attached hydrogens (primary N) is 1. The molecule has 96 valence electrons. The number of esters is 1. The molecule has 0 unspecified atom stereocenters. The molecule has 0 bridgehead atoms. The number of rotatable bonds is 5. The molecule has 0 amide bonds. The highest BCUT2D eigenvalue weighted by molar-refractivity contribution is 5.88. The molecule has 0 aliphatic carbocycles. The van der Waals surface area contributed by atoms with E-state index in [1.54, 1.807) is 6.92 Å². The molecule has 2 rings (SSSR count). The Morgan fingerprint density at radius 1 is 1.61 bits per heavy atom. The van der Waals surface area contributed by atoms with Gasteiger partial charge >= 0.3 is 5.97 Å². The fourth-order valence-electron chi connectivity index (χ4n) is 1.41. The fraction of sp³-hybridized carbons (Fsp3) is 0.444. The SMILES string of the molecule is CCOC(=O)c1nnn(Cc2ncno2)c1CN. The third kappa shape index (κ3) is 2.35. The van der Waals surface area contributed by atoms with E-state index in [1.165, 1.54) is 11.0 Å². The molecule has 2 N–H and O–H groups in total. The molecular formula is C9H12N6O3. The van der Waals surface area contributed by atoms with Crippen LogP contribution in [0.3, 0.4) is 0 Å². The highest BCUT2D eigenvalue weighted by atomic mass is 16.5. The van der Waals surface area contributed by atoms with Gasteiger partial charge in [0.1, 0.15) is 6.54 Å². The van der Waals surface area contributed by atoms with Crippen LogP contribution < -0.4 is 5.73 Å². The van der Waals surface area contributed by atoms with Gasteiger partial charge in [-0.2, -0.15) is 4.98 Å². The zero-order valence-electron chi connectivity index (χ0n) is 9.74. The number of carbonyl (C=O) groups is 1. The van der Waals surface area contributed by atoms with Crippen LogP contribution in [-0.2, 0) is 17.8 Å². The van der Waals surface area contributed by atoms with Crippen LogP contribution in [0.5, 0.6) is 0 Å². The summed E-state index contributed by atoms with van der Waals surface area (Å²) in [5.74, 6) is -0.195. The Morgan fingerprint density at radius 3 is 3.06 bits per heavy atom. The molecule has 0 aliphatic heterocycles. The average molecular weight is 252 g/mol. The van der Waals surface area contributed by atoms with Gasteiger partial charge in [-0.1, -0.05) is 10.4 Å². The van der Waals surface area contributed by atoms with Crippen molar-refractivity contribution in [1.29, 1.82) is 0 Å². The van der Waals surface area contributed by atoms with Crippen LogP contribution in [0.2, 0.25) is 0 Å². The maximum absolute atomic E-state index is 11.6. The van der Waals surface area contributed by atoms with Gasteiger partial charge in [0.25, 0.3) is 0 Å². The van der Waals surface area contributed by atoms with Crippen LogP contribution in [0.1, 0.15) is 29.0 Å². The first-order valence-electron chi connectivity index (χ1n) is 5.31. The Balaban J connectivity index is 2.24. The molecule has 0 atom stereocenters. The summed E-state index contributed by atoms with van der Waals surface area (Å²) in [6.07, 6.45) is 1.28. The van der Waals surface area contributed by atoms with E-state index in [-0.39, 0.29) is 25.4 Å². The first-order valence-corrected chi connectivity index (χ1v) is 5.31. The number of ether oxygens (including phenoxy) is 1. The van der Waals surface area contributed by atoms with Gasteiger partial charge in [0, 0.05) is 6.54 Å². The maximum atomic E-state index is 11.6. The molecule has 2 aromatic heterocycles. The van der Waals surface area contributed by atoms with E-state index in [0.717, 1.165) is 0 Å². The highest BCUT2D eigenvalue weighted by Gasteiger charge is 2.20. The van der Waals surface area contributed by atoms with Gasteiger partial charge < -0.3 is 15.0 Å². The summed E-state index contributed by atoms with van der Waals surface area (Å²) in [5, 5.41) is 11.1. The minimum atomic E-state index is -0.547. The predicted octanol–water partition coefficient (Wildman–Crippen LogP) is -0.655. The summed E-state index contributed by atoms with van der Waals surface area (Å²) in [5.41, 5.74) is 6.16. The second kappa shape index (κ2) is 5.36. The topological polar surface area (TPSA) is 122 Å². The van der Waals surface area contributed by atoms with Gasteiger partial charge in [-0.05, 0) is 6.92 Å². The van der Waals surface area contributed by atoms with E-state index in [9.17, 15) is 4.79 Å². The van der Waals surface area contributed by atoms with Crippen molar-refractivity contribution >= 4 is 5.97 Å². The number of hydrogen-bond acceptors (Lipinski definition) is 8. The molecule has 0 saturated carbocycles. The first kappa shape index (κ1) is 12.2. The van der Waals surface area contributed by atoms with Gasteiger partial charge in [0.05, 0.1) is 12.3 Å². The van der Waals surface area contributed by atoms with Crippen molar-refractivity contribution < 1.29 is 14.1 Å². The quantitative estimate of drug-likeness (QED) is 0.696. The number of nitrogens with zero attached hydrogens (tertiary/aromatic N) is 5. The molecule has 0 radical (unpaired) electrons. The predicted molar refractivity (Wildman–Crippen MR) is 57.3 cm³/mol. The second-order valence-electron chi connectivity index (χ2n) is 3.30. The molecule has 0 saturated heterocycles. The minimum Gasteiger partial charge on any atom is -0.461 e. The molecule has 0 fully saturated rings. The van der Waals surface area contributed by atoms with Gasteiger partial charge in [-0.3, -0.25) is 0 Å². The van der Waals surface area contributed by atoms with Gasteiger partial charge in [0.15, 0.2) is 12.0 Å². The standard InChI is InChI=1S/C9H12N6O3/c1-2-17-9(16)8-6(3-10)15(14-13-8)4-7-11-5-12-18-7/h5H,2-4,10H2,1H3. The van der Waals surface area contributed by atoms with Crippen molar-refractivity contribution in [3.63, 3.8) is 0 Å². The van der Waals surface area contributed by atoms with Crippen molar-refractivity contribution in [3.05, 3.63) is 23.6 Å². The molecule has 9 heteroatoms. The molecule has 18 heavy (non-hydrogen) atoms. The molecule has 9 nitrogen and oxygen atoms in total. The lowest BCUT2D eigenvalue weighted by Gasteiger charge is -2.03. The van der Waals surface area contributed by atoms with Crippen LogP contribution >= 0.6 is 0 Å². The highest BCUT2D eigenvalue weighted by Crippen LogP contribution is 2.08. The summed E-state index contributed by atoms with van der Waals surface area (Å²) in [7, 11) is 0. The summed E-state index contributed by atoms with van der Waals surface area (Å²) in [6.45, 7) is 2.29. The van der Waals surface area contributed by atoms with Crippen LogP contribution in [0.4, 0.5) is 0 Å². The second-order valence-corrected chi connectivity index (χ2v) is 3.30. The summed E-state index contributed by atoms with van der Waals surface area (Å²) in [4.78, 5) is 15.4. The van der Waals surface area contributed by atoms with Crippen molar-refractivity contribution in [2.75, 3.05) is 6.61 Å². The lowest BCUT2D eigenvalue weighted by Crippen LogP contribution is -2.14. The Kier molecular flexibility index (Phi) is 3.63. The monoisotopic (exact) mass is 252 g/mol. The number of aromatic nitrogens is 5. The summed E-state index contributed by atoms with van der Waals surface area (Å²) in [6, 6.07) is 0. The summed E-state index contributed by atoms with van der Waals surface area (Å²) >= 11 is 0. The Morgan fingerprint density at radius 2 is 2.44 bits per heavy atom. The third-order valence-electron chi connectivity index (χ3n) is 2.19. The lowest BCUT2D eigenvalue weighted by molar-refractivity contribution is 0.0518. The van der Waals surface area contributed by atoms with E-state index < -0.39 is 5.97 Å². The molecule has 2 heterocycles. The average Bonchev–Trinajstić information content (AvgIpc) is 2.99. The largest absolute Gasteiger partial charge is 0.461 e. The van der Waals surface area contributed by atoms with E-state index >= 15 is 0 Å². The maximum Gasteiger partial charge on any atom is 0.360 e. The molecule has 2 aromatic rings. The molecule has 0 aromatic carbocycles. The van der Waals surface area contributed by atoms with E-state index in [2.05, 4.69) is 20.5 Å². The van der Waals surface area contributed by atoms with E-state index in [0.29, 0.717) is 11.6 Å². The zero-order chi connectivity index (χ0) is 13.0. The fourth-order valence-corrected chi connectivity index (χ4v) is 1.41. The summed E-state index contributed by atoms with van der Waals surface area (Å²) < 4.78 is 11.1. The van der Waals surface area contributed by atoms with Crippen molar-refractivity contribution in [3.8, 4) is 0 Å². The lowest BCUT2D eigenvalue weighted by atomic mass is 10.3. The molecule has 0 spiro atoms. The van der Waals surface area contributed by atoms with Gasteiger partial charge in [-0.15, -0.1) is 5.10 Å². The number of hydrogen-bond donors (Lipinski definition) is 1. The van der Waals surface area contributed by atoms with E-state index in [1.807, 2.05) is 0 Å². The van der Waals surface area contributed by atoms with Gasteiger partial charge in [0.2, 0.25) is 5.89 Å². The van der Waals surface area contributed by atoms with Crippen LogP contribution in [0.25, 0.3) is 0 Å². The van der Waals surface area contributed by atoms with Crippen LogP contribution in [-0.4, -0.2) is 37.7 Å². The normalized spacial score (nSPS) is 10.6. The Hall–Kier alpha value is -2.29. The first-order chi connectivity index (χ1) is 8.76. The Labute approximate surface area is 102 Å². The Bertz CT molecular complexity index is 520. The van der Waals surface area contributed by atoms with Crippen LogP contribution in [0.15, 0.2) is 10.9 Å². The van der Waals surface area contributed by atoms with E-state index in [4.69, 9.17) is 15.0 Å².